The summed E-state index contributed by atoms with van der Waals surface area (Å²) in [6.07, 6.45) is 2.31. The van der Waals surface area contributed by atoms with E-state index in [-0.39, 0.29) is 0 Å². The first-order valence-corrected chi connectivity index (χ1v) is 3.64. The Morgan fingerprint density at radius 2 is 2.33 bits per heavy atom. The molecule has 0 fully saturated rings. The molecule has 0 aliphatic rings. The average molecular weight is 102 g/mol. The van der Waals surface area contributed by atoms with Crippen molar-refractivity contribution in [1.82, 2.24) is 0 Å². The molecule has 36 valence electrons. The second kappa shape index (κ2) is 5.02. The summed E-state index contributed by atoms with van der Waals surface area (Å²) in [7, 11) is -0.466. The molecular weight excluding hydrogens is 92.1 g/mol. The van der Waals surface area contributed by atoms with Crippen LogP contribution in [-0.4, -0.2) is 9.41 Å². The molecule has 0 aromatic carbocycles. The van der Waals surface area contributed by atoms with Gasteiger partial charge in [0.25, 0.3) is 9.41 Å². The molecule has 0 aromatic rings. The Labute approximate surface area is 40.6 Å². The van der Waals surface area contributed by atoms with Crippen LogP contribution in [-0.2, 0) is 4.46 Å². The molecule has 0 aliphatic carbocycles. The summed E-state index contributed by atoms with van der Waals surface area (Å²) in [5, 5.41) is 0. The highest BCUT2D eigenvalue weighted by molar-refractivity contribution is 6.16. The van der Waals surface area contributed by atoms with Crippen molar-refractivity contribution in [3.63, 3.8) is 0 Å². The molecule has 2 heteroatoms. The molecule has 0 aliphatic heterocycles. The van der Waals surface area contributed by atoms with E-state index in [1.165, 1.54) is 6.42 Å². The van der Waals surface area contributed by atoms with E-state index in [9.17, 15) is 4.46 Å². The van der Waals surface area contributed by atoms with Gasteiger partial charge in [0.05, 0.1) is 0 Å². The zero-order valence-corrected chi connectivity index (χ0v) is 5.26. The van der Waals surface area contributed by atoms with Crippen molar-refractivity contribution >= 4 is 9.41 Å². The summed E-state index contributed by atoms with van der Waals surface area (Å²) in [4.78, 5) is 0. The van der Waals surface area contributed by atoms with E-state index in [1.807, 2.05) is 0 Å². The highest BCUT2D eigenvalue weighted by atomic mass is 28.2. The minimum atomic E-state index is -0.466. The highest BCUT2D eigenvalue weighted by Gasteiger charge is 1.76. The van der Waals surface area contributed by atoms with Crippen molar-refractivity contribution in [2.24, 2.45) is 0 Å². The molecule has 0 saturated heterocycles. The Bertz CT molecular complexity index is 36.5. The van der Waals surface area contributed by atoms with Gasteiger partial charge in [0.2, 0.25) is 0 Å². The first-order valence-electron chi connectivity index (χ1n) is 2.35. The molecule has 0 atom stereocenters. The summed E-state index contributed by atoms with van der Waals surface area (Å²) in [5.41, 5.74) is 0. The van der Waals surface area contributed by atoms with Gasteiger partial charge in [-0.25, -0.2) is 0 Å². The van der Waals surface area contributed by atoms with Gasteiger partial charge in [0.1, 0.15) is 0 Å². The predicted molar refractivity (Wildman–Crippen MR) is 27.6 cm³/mol. The fourth-order valence-electron chi connectivity index (χ4n) is 0.287. The molecule has 0 N–H and O–H groups in total. The van der Waals surface area contributed by atoms with E-state index < -0.39 is 9.41 Å². The number of hydrogen-bond donors (Lipinski definition) is 0. The van der Waals surface area contributed by atoms with Crippen LogP contribution in [0.2, 0.25) is 6.04 Å². The van der Waals surface area contributed by atoms with E-state index >= 15 is 0 Å². The largest absolute Gasteiger partial charge is 0.392 e. The molecule has 6 heavy (non-hydrogen) atoms. The van der Waals surface area contributed by atoms with Crippen LogP contribution in [0, 0.1) is 0 Å². The summed E-state index contributed by atoms with van der Waals surface area (Å²) < 4.78 is 9.77. The van der Waals surface area contributed by atoms with Gasteiger partial charge < -0.3 is 4.46 Å². The Kier molecular flexibility index (Phi) is 5.03. The molecule has 0 aromatic heterocycles. The van der Waals surface area contributed by atoms with E-state index in [1.54, 1.807) is 0 Å². The zero-order chi connectivity index (χ0) is 4.83. The van der Waals surface area contributed by atoms with E-state index in [0.29, 0.717) is 0 Å². The van der Waals surface area contributed by atoms with Gasteiger partial charge in [0, 0.05) is 0 Å². The Morgan fingerprint density at radius 1 is 1.67 bits per heavy atom. The molecular formula is C4H10OSi. The summed E-state index contributed by atoms with van der Waals surface area (Å²) in [6.45, 7) is 2.11. The lowest BCUT2D eigenvalue weighted by Crippen LogP contribution is -1.70. The van der Waals surface area contributed by atoms with Gasteiger partial charge in [-0.3, -0.25) is 0 Å². The van der Waals surface area contributed by atoms with Crippen LogP contribution < -0.4 is 0 Å². The SMILES string of the molecule is CCCC[SiH]=O. The lowest BCUT2D eigenvalue weighted by molar-refractivity contribution is 0.573. The van der Waals surface area contributed by atoms with Gasteiger partial charge in [-0.1, -0.05) is 19.8 Å². The Hall–Kier alpha value is 0.0169. The van der Waals surface area contributed by atoms with Crippen LogP contribution in [0.25, 0.3) is 0 Å². The van der Waals surface area contributed by atoms with Gasteiger partial charge >= 0.3 is 0 Å². The summed E-state index contributed by atoms with van der Waals surface area (Å²) in [5.74, 6) is 0. The molecule has 0 heterocycles. The highest BCUT2D eigenvalue weighted by Crippen LogP contribution is 1.88. The smallest absolute Gasteiger partial charge is 0.261 e. The third kappa shape index (κ3) is 4.02. The van der Waals surface area contributed by atoms with Gasteiger partial charge in [-0.2, -0.15) is 0 Å². The van der Waals surface area contributed by atoms with E-state index in [0.717, 1.165) is 12.5 Å². The minimum absolute atomic E-state index is 0.466. The van der Waals surface area contributed by atoms with Crippen molar-refractivity contribution in [3.8, 4) is 0 Å². The lowest BCUT2D eigenvalue weighted by Gasteiger charge is -1.78. The van der Waals surface area contributed by atoms with Crippen LogP contribution in [0.3, 0.4) is 0 Å². The van der Waals surface area contributed by atoms with Crippen molar-refractivity contribution in [3.05, 3.63) is 0 Å². The number of unbranched alkanes of at least 4 members (excludes halogenated alkanes) is 1. The quantitative estimate of drug-likeness (QED) is 0.383. The molecule has 0 spiro atoms. The zero-order valence-electron chi connectivity index (χ0n) is 4.11. The van der Waals surface area contributed by atoms with E-state index in [4.69, 9.17) is 0 Å². The third-order valence-corrected chi connectivity index (χ3v) is 1.32. The lowest BCUT2D eigenvalue weighted by atomic mass is 10.4. The third-order valence-electron chi connectivity index (χ3n) is 0.676. The van der Waals surface area contributed by atoms with Crippen molar-refractivity contribution in [1.29, 1.82) is 0 Å². The minimum Gasteiger partial charge on any atom is -0.392 e. The van der Waals surface area contributed by atoms with Gasteiger partial charge in [-0.15, -0.1) is 0 Å². The average Bonchev–Trinajstić information content (AvgIpc) is 1.61. The van der Waals surface area contributed by atoms with E-state index in [2.05, 4.69) is 6.92 Å². The topological polar surface area (TPSA) is 17.1 Å². The Morgan fingerprint density at radius 3 is 2.50 bits per heavy atom. The fourth-order valence-corrected chi connectivity index (χ4v) is 0.862. The van der Waals surface area contributed by atoms with Crippen LogP contribution in [0.15, 0.2) is 0 Å². The molecule has 0 saturated carbocycles. The normalized spacial score (nSPS) is 8.17. The maximum Gasteiger partial charge on any atom is 0.261 e. The van der Waals surface area contributed by atoms with Crippen LogP contribution >= 0.6 is 0 Å². The first-order chi connectivity index (χ1) is 2.91. The summed E-state index contributed by atoms with van der Waals surface area (Å²) in [6, 6.07) is 0.941. The first kappa shape index (κ1) is 6.02. The summed E-state index contributed by atoms with van der Waals surface area (Å²) >= 11 is 0. The molecule has 0 bridgehead atoms. The second-order valence-electron chi connectivity index (χ2n) is 1.31. The molecule has 0 radical (unpaired) electrons. The molecule has 0 rings (SSSR count). The maximum atomic E-state index is 9.77. The number of hydrogen-bond acceptors (Lipinski definition) is 1. The van der Waals surface area contributed by atoms with Crippen LogP contribution in [0.1, 0.15) is 19.8 Å². The molecule has 0 unspecified atom stereocenters. The standard InChI is InChI=1S/C4H10OSi/c1-2-3-4-6-5/h6H,2-4H2,1H3. The van der Waals surface area contributed by atoms with Gasteiger partial charge in [0.15, 0.2) is 0 Å². The van der Waals surface area contributed by atoms with Crippen LogP contribution in [0.5, 0.6) is 0 Å². The van der Waals surface area contributed by atoms with Crippen LogP contribution in [0.4, 0.5) is 0 Å². The molecule has 0 amide bonds. The fraction of sp³-hybridized carbons (Fsp3) is 1.00. The monoisotopic (exact) mass is 102 g/mol. The molecule has 1 nitrogen and oxygen atoms in total. The van der Waals surface area contributed by atoms with Crippen molar-refractivity contribution in [2.75, 3.05) is 0 Å². The van der Waals surface area contributed by atoms with Gasteiger partial charge in [-0.05, 0) is 6.04 Å². The maximum absolute atomic E-state index is 9.77. The number of rotatable bonds is 3. The van der Waals surface area contributed by atoms with Crippen molar-refractivity contribution in [2.45, 2.75) is 25.8 Å². The predicted octanol–water partition coefficient (Wildman–Crippen LogP) is 0.987. The second-order valence-corrected chi connectivity index (χ2v) is 2.22. The van der Waals surface area contributed by atoms with Crippen molar-refractivity contribution < 1.29 is 4.46 Å². The Balaban J connectivity index is 2.49.